The van der Waals surface area contributed by atoms with E-state index in [1.807, 2.05) is 0 Å². The first-order valence-corrected chi connectivity index (χ1v) is 5.13. The van der Waals surface area contributed by atoms with Gasteiger partial charge in [0.2, 0.25) is 0 Å². The lowest BCUT2D eigenvalue weighted by atomic mass is 10.1. The highest BCUT2D eigenvalue weighted by Gasteiger charge is 2.17. The van der Waals surface area contributed by atoms with E-state index >= 15 is 0 Å². The molecule has 0 aliphatic heterocycles. The second kappa shape index (κ2) is 3.83. The van der Waals surface area contributed by atoms with Crippen LogP contribution in [0.2, 0.25) is 5.02 Å². The maximum absolute atomic E-state index is 13.6. The normalized spacial score (nSPS) is 10.6. The molecule has 0 aliphatic rings. The minimum absolute atomic E-state index is 0.0226. The first kappa shape index (κ1) is 10.4. The van der Waals surface area contributed by atoms with Gasteiger partial charge in [0.1, 0.15) is 4.47 Å². The third kappa shape index (κ3) is 1.72. The number of halogens is 3. The Kier molecular flexibility index (Phi) is 2.67. The predicted molar refractivity (Wildman–Crippen MR) is 59.0 cm³/mol. The quantitative estimate of drug-likeness (QED) is 0.875. The number of nitrogen functional groups attached to an aromatic ring is 1. The van der Waals surface area contributed by atoms with Crippen molar-refractivity contribution in [3.63, 3.8) is 0 Å². The van der Waals surface area contributed by atoms with Gasteiger partial charge in [-0.15, -0.1) is 0 Å². The zero-order valence-corrected chi connectivity index (χ0v) is 9.64. The largest absolute Gasteiger partial charge is 0.380 e. The highest BCUT2D eigenvalue weighted by Crippen LogP contribution is 2.35. The molecule has 3 nitrogen and oxygen atoms in total. The Hall–Kier alpha value is -1.07. The summed E-state index contributed by atoms with van der Waals surface area (Å²) in [5.74, 6) is -0.159. The van der Waals surface area contributed by atoms with E-state index in [0.717, 1.165) is 0 Å². The van der Waals surface area contributed by atoms with Gasteiger partial charge < -0.3 is 10.3 Å². The van der Waals surface area contributed by atoms with Gasteiger partial charge in [-0.2, -0.15) is 0 Å². The van der Waals surface area contributed by atoms with Gasteiger partial charge in [-0.3, -0.25) is 0 Å². The molecule has 2 rings (SSSR count). The maximum Gasteiger partial charge on any atom is 0.186 e. The molecule has 0 saturated carbocycles. The molecule has 6 heteroatoms. The minimum Gasteiger partial charge on any atom is -0.380 e. The van der Waals surface area contributed by atoms with Gasteiger partial charge >= 0.3 is 0 Å². The van der Waals surface area contributed by atoms with Crippen LogP contribution in [0.3, 0.4) is 0 Å². The summed E-state index contributed by atoms with van der Waals surface area (Å²) in [4.78, 5) is 0. The minimum atomic E-state index is -0.559. The van der Waals surface area contributed by atoms with Crippen LogP contribution in [0.4, 0.5) is 10.2 Å². The second-order valence-corrected chi connectivity index (χ2v) is 4.01. The number of nitrogens with two attached hydrogens (primary N) is 1. The number of nitrogens with zero attached hydrogens (tertiary/aromatic N) is 1. The van der Waals surface area contributed by atoms with E-state index in [0.29, 0.717) is 4.47 Å². The Morgan fingerprint density at radius 2 is 2.20 bits per heavy atom. The molecule has 0 radical (unpaired) electrons. The van der Waals surface area contributed by atoms with Crippen molar-refractivity contribution < 1.29 is 8.91 Å². The number of aromatic nitrogens is 1. The van der Waals surface area contributed by atoms with Crippen molar-refractivity contribution in [3.05, 3.63) is 33.5 Å². The number of anilines is 1. The van der Waals surface area contributed by atoms with E-state index in [1.54, 1.807) is 6.07 Å². The smallest absolute Gasteiger partial charge is 0.186 e. The van der Waals surface area contributed by atoms with Gasteiger partial charge in [0, 0.05) is 0 Å². The highest BCUT2D eigenvalue weighted by molar-refractivity contribution is 9.10. The van der Waals surface area contributed by atoms with Crippen LogP contribution < -0.4 is 5.73 Å². The van der Waals surface area contributed by atoms with Crippen molar-refractivity contribution >= 4 is 33.3 Å². The van der Waals surface area contributed by atoms with Gasteiger partial charge in [-0.25, -0.2) is 4.39 Å². The zero-order chi connectivity index (χ0) is 11.0. The van der Waals surface area contributed by atoms with Crippen LogP contribution in [0.1, 0.15) is 0 Å². The monoisotopic (exact) mass is 290 g/mol. The Morgan fingerprint density at radius 1 is 1.47 bits per heavy atom. The molecule has 0 bridgehead atoms. The van der Waals surface area contributed by atoms with Crippen LogP contribution in [0, 0.1) is 5.82 Å². The van der Waals surface area contributed by atoms with Crippen molar-refractivity contribution in [2.45, 2.75) is 0 Å². The lowest BCUT2D eigenvalue weighted by molar-refractivity contribution is 0.433. The summed E-state index contributed by atoms with van der Waals surface area (Å²) >= 11 is 8.79. The molecule has 0 amide bonds. The highest BCUT2D eigenvalue weighted by atomic mass is 79.9. The van der Waals surface area contributed by atoms with Crippen molar-refractivity contribution in [2.24, 2.45) is 0 Å². The van der Waals surface area contributed by atoms with E-state index in [-0.39, 0.29) is 22.2 Å². The van der Waals surface area contributed by atoms with Crippen molar-refractivity contribution in [1.29, 1.82) is 0 Å². The summed E-state index contributed by atoms with van der Waals surface area (Å²) in [5.41, 5.74) is 5.68. The Labute approximate surface area is 98.1 Å². The maximum atomic E-state index is 13.6. The summed E-state index contributed by atoms with van der Waals surface area (Å²) in [7, 11) is 0. The molecule has 2 N–H and O–H groups in total. The molecule has 0 aliphatic carbocycles. The molecule has 0 saturated heterocycles. The summed E-state index contributed by atoms with van der Waals surface area (Å²) in [6.07, 6.45) is 0. The topological polar surface area (TPSA) is 52.0 Å². The van der Waals surface area contributed by atoms with E-state index in [9.17, 15) is 4.39 Å². The molecule has 0 spiro atoms. The molecule has 0 atom stereocenters. The van der Waals surface area contributed by atoms with E-state index in [4.69, 9.17) is 21.9 Å². The van der Waals surface area contributed by atoms with E-state index < -0.39 is 5.82 Å². The third-order valence-electron chi connectivity index (χ3n) is 1.86. The first-order valence-electron chi connectivity index (χ1n) is 3.96. The molecular formula is C9H5BrClFN2O. The Bertz CT molecular complexity index is 515. The van der Waals surface area contributed by atoms with Crippen LogP contribution >= 0.6 is 27.5 Å². The third-order valence-corrected chi connectivity index (χ3v) is 2.91. The molecule has 15 heavy (non-hydrogen) atoms. The van der Waals surface area contributed by atoms with Crippen LogP contribution in [0.5, 0.6) is 0 Å². The number of rotatable bonds is 1. The second-order valence-electron chi connectivity index (χ2n) is 2.81. The summed E-state index contributed by atoms with van der Waals surface area (Å²) in [6.45, 7) is 0. The zero-order valence-electron chi connectivity index (χ0n) is 7.30. The molecule has 1 aromatic carbocycles. The summed E-state index contributed by atoms with van der Waals surface area (Å²) < 4.78 is 18.9. The molecule has 2 aromatic rings. The van der Waals surface area contributed by atoms with Crippen LogP contribution in [-0.4, -0.2) is 5.16 Å². The average Bonchev–Trinajstić information content (AvgIpc) is 2.53. The number of hydrogen-bond acceptors (Lipinski definition) is 3. The molecule has 0 unspecified atom stereocenters. The van der Waals surface area contributed by atoms with Gasteiger partial charge in [0.15, 0.2) is 17.4 Å². The van der Waals surface area contributed by atoms with E-state index in [2.05, 4.69) is 21.1 Å². The van der Waals surface area contributed by atoms with Gasteiger partial charge in [0.05, 0.1) is 10.6 Å². The van der Waals surface area contributed by atoms with Gasteiger partial charge in [-0.1, -0.05) is 22.8 Å². The summed E-state index contributed by atoms with van der Waals surface area (Å²) in [5, 5.41) is 3.53. The number of benzene rings is 1. The predicted octanol–water partition coefficient (Wildman–Crippen LogP) is 3.48. The number of hydrogen-bond donors (Lipinski definition) is 1. The van der Waals surface area contributed by atoms with E-state index in [1.165, 1.54) is 12.1 Å². The molecular weight excluding hydrogens is 286 g/mol. The standard InChI is InChI=1S/C9H5BrClFN2O/c10-6-8(15-14-9(6)13)4-2-1-3-5(11)7(4)12/h1-3H,(H2,13,14). The molecule has 0 fully saturated rings. The van der Waals surface area contributed by atoms with Gasteiger partial charge in [0.25, 0.3) is 0 Å². The van der Waals surface area contributed by atoms with Crippen molar-refractivity contribution in [3.8, 4) is 11.3 Å². The SMILES string of the molecule is Nc1noc(-c2cccc(Cl)c2F)c1Br. The lowest BCUT2D eigenvalue weighted by Crippen LogP contribution is -1.86. The van der Waals surface area contributed by atoms with Gasteiger partial charge in [-0.05, 0) is 28.1 Å². The Morgan fingerprint density at radius 3 is 2.80 bits per heavy atom. The van der Waals surface area contributed by atoms with Crippen LogP contribution in [-0.2, 0) is 0 Å². The van der Waals surface area contributed by atoms with Crippen LogP contribution in [0.25, 0.3) is 11.3 Å². The molecule has 78 valence electrons. The van der Waals surface area contributed by atoms with Crippen molar-refractivity contribution in [2.75, 3.05) is 5.73 Å². The average molecular weight is 292 g/mol. The first-order chi connectivity index (χ1) is 7.11. The van der Waals surface area contributed by atoms with Crippen LogP contribution in [0.15, 0.2) is 27.2 Å². The molecule has 1 aromatic heterocycles. The Balaban J connectivity index is 2.64. The fourth-order valence-electron chi connectivity index (χ4n) is 1.14. The van der Waals surface area contributed by atoms with Crippen molar-refractivity contribution in [1.82, 2.24) is 5.16 Å². The fraction of sp³-hybridized carbons (Fsp3) is 0. The summed E-state index contributed by atoms with van der Waals surface area (Å²) in [6, 6.07) is 4.60. The molecule has 1 heterocycles. The lowest BCUT2D eigenvalue weighted by Gasteiger charge is -2.00. The fourth-order valence-corrected chi connectivity index (χ4v) is 1.67.